The van der Waals surface area contributed by atoms with Gasteiger partial charge in [-0.1, -0.05) is 0 Å². The zero-order valence-electron chi connectivity index (χ0n) is 9.31. The first-order chi connectivity index (χ1) is 8.11. The van der Waals surface area contributed by atoms with E-state index in [0.717, 1.165) is 18.2 Å². The predicted molar refractivity (Wildman–Crippen MR) is 58.4 cm³/mol. The molecule has 1 aliphatic rings. The monoisotopic (exact) mass is 243 g/mol. The van der Waals surface area contributed by atoms with Gasteiger partial charge in [0.25, 0.3) is 0 Å². The van der Waals surface area contributed by atoms with Crippen LogP contribution in [-0.2, 0) is 0 Å². The van der Waals surface area contributed by atoms with E-state index in [2.05, 4.69) is 0 Å². The lowest BCUT2D eigenvalue weighted by Gasteiger charge is -2.23. The summed E-state index contributed by atoms with van der Waals surface area (Å²) in [6, 6.07) is 2.95. The van der Waals surface area contributed by atoms with Crippen LogP contribution in [0.1, 0.15) is 18.0 Å². The topological polar surface area (TPSA) is 43.7 Å². The maximum Gasteiger partial charge on any atom is 0.128 e. The Morgan fingerprint density at radius 1 is 1.35 bits per heavy atom. The molecule has 0 amide bonds. The third-order valence-corrected chi connectivity index (χ3v) is 3.09. The summed E-state index contributed by atoms with van der Waals surface area (Å²) in [5.41, 5.74) is 0.245. The van der Waals surface area contributed by atoms with Gasteiger partial charge in [0.05, 0.1) is 12.7 Å². The lowest BCUT2D eigenvalue weighted by Crippen LogP contribution is -2.28. The standard InChI is InChI=1S/C12H15F2NO2/c13-8-1-2-11(14)10(5-8)12-6-9(17)7-15(12)3-4-16/h1-2,5,9,12,16-17H,3-4,6-7H2. The average molecular weight is 243 g/mol. The van der Waals surface area contributed by atoms with Crippen LogP contribution in [0.3, 0.4) is 0 Å². The van der Waals surface area contributed by atoms with Crippen LogP contribution in [0.15, 0.2) is 18.2 Å². The molecular weight excluding hydrogens is 228 g/mol. The van der Waals surface area contributed by atoms with Crippen molar-refractivity contribution in [3.8, 4) is 0 Å². The molecule has 1 saturated heterocycles. The normalized spacial score (nSPS) is 25.4. The molecule has 1 fully saturated rings. The molecule has 0 aromatic heterocycles. The van der Waals surface area contributed by atoms with Gasteiger partial charge in [-0.25, -0.2) is 8.78 Å². The van der Waals surface area contributed by atoms with Crippen molar-refractivity contribution in [1.82, 2.24) is 4.90 Å². The minimum Gasteiger partial charge on any atom is -0.395 e. The molecule has 17 heavy (non-hydrogen) atoms. The van der Waals surface area contributed by atoms with Gasteiger partial charge in [0.15, 0.2) is 0 Å². The van der Waals surface area contributed by atoms with Crippen molar-refractivity contribution in [3.63, 3.8) is 0 Å². The summed E-state index contributed by atoms with van der Waals surface area (Å²) in [7, 11) is 0. The summed E-state index contributed by atoms with van der Waals surface area (Å²) in [6.45, 7) is 0.652. The van der Waals surface area contributed by atoms with Gasteiger partial charge in [-0.05, 0) is 24.6 Å². The third kappa shape index (κ3) is 2.62. The van der Waals surface area contributed by atoms with Gasteiger partial charge in [-0.3, -0.25) is 4.90 Å². The average Bonchev–Trinajstić information content (AvgIpc) is 2.64. The van der Waals surface area contributed by atoms with Crippen molar-refractivity contribution in [2.75, 3.05) is 19.7 Å². The SMILES string of the molecule is OCCN1CC(O)CC1c1cc(F)ccc1F. The molecule has 0 aliphatic carbocycles. The van der Waals surface area contributed by atoms with E-state index in [9.17, 15) is 13.9 Å². The first-order valence-electron chi connectivity index (χ1n) is 5.59. The van der Waals surface area contributed by atoms with Crippen molar-refractivity contribution in [2.45, 2.75) is 18.6 Å². The molecule has 5 heteroatoms. The van der Waals surface area contributed by atoms with E-state index in [1.165, 1.54) is 0 Å². The largest absolute Gasteiger partial charge is 0.395 e. The molecule has 2 rings (SSSR count). The van der Waals surface area contributed by atoms with Crippen LogP contribution in [0.5, 0.6) is 0 Å². The Hall–Kier alpha value is -1.04. The van der Waals surface area contributed by atoms with Crippen molar-refractivity contribution in [3.05, 3.63) is 35.4 Å². The molecule has 2 atom stereocenters. The molecule has 2 N–H and O–H groups in total. The second-order valence-electron chi connectivity index (χ2n) is 4.29. The van der Waals surface area contributed by atoms with Crippen molar-refractivity contribution < 1.29 is 19.0 Å². The van der Waals surface area contributed by atoms with Crippen molar-refractivity contribution in [1.29, 1.82) is 0 Å². The van der Waals surface area contributed by atoms with Crippen molar-refractivity contribution in [2.24, 2.45) is 0 Å². The number of hydrogen-bond donors (Lipinski definition) is 2. The minimum atomic E-state index is -0.561. The molecule has 0 spiro atoms. The molecular formula is C12H15F2NO2. The summed E-state index contributed by atoms with van der Waals surface area (Å²) in [4.78, 5) is 1.77. The summed E-state index contributed by atoms with van der Waals surface area (Å²) in [5, 5.41) is 18.5. The molecule has 1 aromatic rings. The van der Waals surface area contributed by atoms with E-state index < -0.39 is 17.7 Å². The minimum absolute atomic E-state index is 0.0693. The number of aliphatic hydroxyl groups is 2. The van der Waals surface area contributed by atoms with E-state index in [-0.39, 0.29) is 18.2 Å². The molecule has 94 valence electrons. The van der Waals surface area contributed by atoms with E-state index >= 15 is 0 Å². The number of nitrogens with zero attached hydrogens (tertiary/aromatic N) is 1. The highest BCUT2D eigenvalue weighted by atomic mass is 19.1. The lowest BCUT2D eigenvalue weighted by molar-refractivity contribution is 0.156. The van der Waals surface area contributed by atoms with Crippen LogP contribution >= 0.6 is 0 Å². The van der Waals surface area contributed by atoms with Gasteiger partial charge in [-0.15, -0.1) is 0 Å². The second kappa shape index (κ2) is 5.08. The summed E-state index contributed by atoms with van der Waals surface area (Å²) in [6.07, 6.45) is -0.199. The summed E-state index contributed by atoms with van der Waals surface area (Å²) in [5.74, 6) is -0.972. The first-order valence-corrected chi connectivity index (χ1v) is 5.59. The highest BCUT2D eigenvalue weighted by Gasteiger charge is 2.33. The van der Waals surface area contributed by atoms with Crippen LogP contribution in [0.4, 0.5) is 8.78 Å². The number of rotatable bonds is 3. The third-order valence-electron chi connectivity index (χ3n) is 3.09. The highest BCUT2D eigenvalue weighted by molar-refractivity contribution is 5.23. The van der Waals surface area contributed by atoms with Crippen LogP contribution in [0, 0.1) is 11.6 Å². The summed E-state index contributed by atoms with van der Waals surface area (Å²) >= 11 is 0. The Morgan fingerprint density at radius 2 is 2.12 bits per heavy atom. The maximum absolute atomic E-state index is 13.6. The number of halogens is 2. The molecule has 3 nitrogen and oxygen atoms in total. The quantitative estimate of drug-likeness (QED) is 0.834. The number of β-amino-alcohol motifs (C(OH)–C–C–N with tert-alkyl or cyclic N) is 2. The Bertz CT molecular complexity index is 400. The smallest absolute Gasteiger partial charge is 0.128 e. The van der Waals surface area contributed by atoms with E-state index in [1.807, 2.05) is 0 Å². The molecule has 0 saturated carbocycles. The lowest BCUT2D eigenvalue weighted by atomic mass is 10.0. The molecule has 1 aromatic carbocycles. The van der Waals surface area contributed by atoms with Gasteiger partial charge in [0.1, 0.15) is 11.6 Å². The molecule has 0 bridgehead atoms. The maximum atomic E-state index is 13.6. The fourth-order valence-corrected chi connectivity index (χ4v) is 2.35. The highest BCUT2D eigenvalue weighted by Crippen LogP contribution is 2.33. The Kier molecular flexibility index (Phi) is 3.71. The Balaban J connectivity index is 2.27. The van der Waals surface area contributed by atoms with Gasteiger partial charge < -0.3 is 10.2 Å². The van der Waals surface area contributed by atoms with Crippen LogP contribution < -0.4 is 0 Å². The first kappa shape index (κ1) is 12.4. The molecule has 2 unspecified atom stereocenters. The van der Waals surface area contributed by atoms with Gasteiger partial charge >= 0.3 is 0 Å². The predicted octanol–water partition coefficient (Wildman–Crippen LogP) is 1.06. The van der Waals surface area contributed by atoms with E-state index in [1.54, 1.807) is 4.90 Å². The number of benzene rings is 1. The fourth-order valence-electron chi connectivity index (χ4n) is 2.35. The van der Waals surface area contributed by atoms with Gasteiger partial charge in [-0.2, -0.15) is 0 Å². The number of aliphatic hydroxyl groups excluding tert-OH is 2. The number of hydrogen-bond acceptors (Lipinski definition) is 3. The molecule has 1 aliphatic heterocycles. The second-order valence-corrected chi connectivity index (χ2v) is 4.29. The van der Waals surface area contributed by atoms with Crippen LogP contribution in [0.2, 0.25) is 0 Å². The zero-order chi connectivity index (χ0) is 12.4. The molecule has 1 heterocycles. The van der Waals surface area contributed by atoms with Crippen LogP contribution in [-0.4, -0.2) is 40.9 Å². The van der Waals surface area contributed by atoms with Crippen LogP contribution in [0.25, 0.3) is 0 Å². The van der Waals surface area contributed by atoms with E-state index in [0.29, 0.717) is 19.5 Å². The fraction of sp³-hybridized carbons (Fsp3) is 0.500. The summed E-state index contributed by atoms with van der Waals surface area (Å²) < 4.78 is 26.7. The van der Waals surface area contributed by atoms with E-state index in [4.69, 9.17) is 5.11 Å². The molecule has 0 radical (unpaired) electrons. The van der Waals surface area contributed by atoms with Gasteiger partial charge in [0.2, 0.25) is 0 Å². The van der Waals surface area contributed by atoms with Crippen molar-refractivity contribution >= 4 is 0 Å². The van der Waals surface area contributed by atoms with Gasteiger partial charge in [0, 0.05) is 24.7 Å². The Morgan fingerprint density at radius 3 is 2.82 bits per heavy atom. The zero-order valence-corrected chi connectivity index (χ0v) is 9.31. The Labute approximate surface area is 98.3 Å². The number of likely N-dealkylation sites (tertiary alicyclic amines) is 1.